The molecule has 0 heterocycles. The van der Waals surface area contributed by atoms with Crippen LogP contribution < -0.4 is 0 Å². The fraction of sp³-hybridized carbons (Fsp3) is 0.143. The first-order chi connectivity index (χ1) is 8.50. The van der Waals surface area contributed by atoms with E-state index in [-0.39, 0.29) is 5.56 Å². The highest BCUT2D eigenvalue weighted by Gasteiger charge is 2.18. The molecule has 2 aromatic rings. The van der Waals surface area contributed by atoms with Crippen molar-refractivity contribution < 1.29 is 9.50 Å². The normalized spacial score (nSPS) is 12.5. The number of hydrogen-bond donors (Lipinski definition) is 1. The molecule has 0 saturated carbocycles. The van der Waals surface area contributed by atoms with Crippen molar-refractivity contribution in [1.29, 1.82) is 0 Å². The van der Waals surface area contributed by atoms with Gasteiger partial charge in [0.15, 0.2) is 0 Å². The minimum Gasteiger partial charge on any atom is -0.384 e. The van der Waals surface area contributed by atoms with E-state index in [1.165, 1.54) is 12.1 Å². The van der Waals surface area contributed by atoms with Gasteiger partial charge in [-0.2, -0.15) is 0 Å². The zero-order chi connectivity index (χ0) is 13.3. The summed E-state index contributed by atoms with van der Waals surface area (Å²) in [6.07, 6.45) is -0.978. The second kappa shape index (κ2) is 5.55. The number of benzene rings is 2. The number of aryl methyl sites for hydroxylation is 1. The minimum absolute atomic E-state index is 0.239. The Labute approximate surface area is 124 Å². The summed E-state index contributed by atoms with van der Waals surface area (Å²) in [4.78, 5) is 0. The third kappa shape index (κ3) is 2.68. The zero-order valence-electron chi connectivity index (χ0n) is 9.62. The maximum absolute atomic E-state index is 13.8. The summed E-state index contributed by atoms with van der Waals surface area (Å²) in [5.74, 6) is -0.493. The second-order valence-corrected chi connectivity index (χ2v) is 5.56. The lowest BCUT2D eigenvalue weighted by molar-refractivity contribution is 0.214. The Morgan fingerprint density at radius 3 is 2.61 bits per heavy atom. The van der Waals surface area contributed by atoms with E-state index in [2.05, 4.69) is 22.6 Å². The van der Waals surface area contributed by atoms with Gasteiger partial charge in [-0.25, -0.2) is 4.39 Å². The molecule has 0 fully saturated rings. The van der Waals surface area contributed by atoms with Crippen LogP contribution in [0, 0.1) is 16.3 Å². The molecule has 0 saturated heterocycles. The lowest BCUT2D eigenvalue weighted by Gasteiger charge is -2.15. The van der Waals surface area contributed by atoms with Crippen molar-refractivity contribution in [2.75, 3.05) is 0 Å². The molecule has 0 aliphatic carbocycles. The average Bonchev–Trinajstić information content (AvgIpc) is 2.32. The van der Waals surface area contributed by atoms with Gasteiger partial charge >= 0.3 is 0 Å². The molecule has 0 amide bonds. The van der Waals surface area contributed by atoms with Crippen LogP contribution in [0.5, 0.6) is 0 Å². The highest BCUT2D eigenvalue weighted by atomic mass is 127. The molecule has 0 spiro atoms. The van der Waals surface area contributed by atoms with Crippen LogP contribution in [0.15, 0.2) is 36.4 Å². The van der Waals surface area contributed by atoms with E-state index >= 15 is 0 Å². The van der Waals surface area contributed by atoms with Crippen LogP contribution in [0.25, 0.3) is 0 Å². The second-order valence-electron chi connectivity index (χ2n) is 4.05. The minimum atomic E-state index is -0.978. The molecular weight excluding hydrogens is 366 g/mol. The Balaban J connectivity index is 2.48. The third-order valence-electron chi connectivity index (χ3n) is 2.77. The third-order valence-corrected chi connectivity index (χ3v) is 4.48. The molecule has 2 rings (SSSR count). The van der Waals surface area contributed by atoms with Gasteiger partial charge in [-0.3, -0.25) is 0 Å². The zero-order valence-corrected chi connectivity index (χ0v) is 12.5. The van der Waals surface area contributed by atoms with Crippen LogP contribution in [0.1, 0.15) is 22.8 Å². The Bertz CT molecular complexity index is 586. The van der Waals surface area contributed by atoms with Gasteiger partial charge in [0.2, 0.25) is 0 Å². The van der Waals surface area contributed by atoms with Gasteiger partial charge in [0.05, 0.1) is 0 Å². The van der Waals surface area contributed by atoms with Gasteiger partial charge < -0.3 is 5.11 Å². The van der Waals surface area contributed by atoms with Crippen LogP contribution in [-0.2, 0) is 0 Å². The first-order valence-corrected chi connectivity index (χ1v) is 6.84. The molecule has 0 radical (unpaired) electrons. The van der Waals surface area contributed by atoms with Gasteiger partial charge in [-0.05, 0) is 52.8 Å². The predicted octanol–water partition coefficient (Wildman–Crippen LogP) is 4.47. The van der Waals surface area contributed by atoms with Gasteiger partial charge in [0.25, 0.3) is 0 Å². The molecule has 4 heteroatoms. The predicted molar refractivity (Wildman–Crippen MR) is 79.4 cm³/mol. The topological polar surface area (TPSA) is 20.2 Å². The van der Waals surface area contributed by atoms with Crippen LogP contribution in [0.2, 0.25) is 5.02 Å². The Kier molecular flexibility index (Phi) is 4.25. The first kappa shape index (κ1) is 13.8. The molecule has 0 bridgehead atoms. The number of rotatable bonds is 2. The van der Waals surface area contributed by atoms with Crippen LogP contribution >= 0.6 is 34.2 Å². The molecule has 1 nitrogen and oxygen atoms in total. The van der Waals surface area contributed by atoms with Gasteiger partial charge in [0.1, 0.15) is 11.9 Å². The van der Waals surface area contributed by atoms with Crippen molar-refractivity contribution >= 4 is 34.2 Å². The Morgan fingerprint density at radius 2 is 1.94 bits per heavy atom. The van der Waals surface area contributed by atoms with Crippen molar-refractivity contribution in [1.82, 2.24) is 0 Å². The lowest BCUT2D eigenvalue weighted by atomic mass is 10.00. The van der Waals surface area contributed by atoms with Gasteiger partial charge in [-0.1, -0.05) is 35.9 Å². The van der Waals surface area contributed by atoms with Crippen LogP contribution in [-0.4, -0.2) is 5.11 Å². The van der Waals surface area contributed by atoms with Crippen LogP contribution in [0.3, 0.4) is 0 Å². The maximum atomic E-state index is 13.8. The van der Waals surface area contributed by atoms with E-state index in [0.717, 1.165) is 9.13 Å². The number of hydrogen-bond acceptors (Lipinski definition) is 1. The quantitative estimate of drug-likeness (QED) is 0.767. The van der Waals surface area contributed by atoms with Crippen molar-refractivity contribution in [3.63, 3.8) is 0 Å². The van der Waals surface area contributed by atoms with Crippen molar-refractivity contribution in [3.8, 4) is 0 Å². The lowest BCUT2D eigenvalue weighted by Crippen LogP contribution is -2.05. The first-order valence-electron chi connectivity index (χ1n) is 5.38. The largest absolute Gasteiger partial charge is 0.384 e. The summed E-state index contributed by atoms with van der Waals surface area (Å²) in [7, 11) is 0. The fourth-order valence-corrected chi connectivity index (χ4v) is 2.59. The summed E-state index contributed by atoms with van der Waals surface area (Å²) in [5, 5.41) is 10.6. The molecule has 94 valence electrons. The highest BCUT2D eigenvalue weighted by Crippen LogP contribution is 2.30. The summed E-state index contributed by atoms with van der Waals surface area (Å²) in [6.45, 7) is 1.95. The standard InChI is InChI=1S/C14H11ClFIO/c1-8-3-2-4-11(13(8)17)14(18)10-6-5-9(15)7-12(10)16/h2-7,14,18H,1H3. The number of aliphatic hydroxyl groups excluding tert-OH is 1. The molecule has 2 aromatic carbocycles. The molecular formula is C14H11ClFIO. The van der Waals surface area contributed by atoms with E-state index in [9.17, 15) is 9.50 Å². The summed E-state index contributed by atoms with van der Waals surface area (Å²) in [6, 6.07) is 9.91. The summed E-state index contributed by atoms with van der Waals surface area (Å²) < 4.78 is 14.7. The Hall–Kier alpha value is -0.650. The smallest absolute Gasteiger partial charge is 0.130 e. The average molecular weight is 377 g/mol. The van der Waals surface area contributed by atoms with Crippen molar-refractivity contribution in [2.24, 2.45) is 0 Å². The van der Waals surface area contributed by atoms with Gasteiger partial charge in [0, 0.05) is 14.2 Å². The number of aliphatic hydroxyl groups is 1. The molecule has 0 aliphatic rings. The molecule has 0 aliphatic heterocycles. The van der Waals surface area contributed by atoms with E-state index in [4.69, 9.17) is 11.6 Å². The van der Waals surface area contributed by atoms with E-state index in [1.54, 1.807) is 12.1 Å². The SMILES string of the molecule is Cc1cccc(C(O)c2ccc(Cl)cc2F)c1I. The van der Waals surface area contributed by atoms with E-state index in [1.807, 2.05) is 19.1 Å². The van der Waals surface area contributed by atoms with Crippen molar-refractivity contribution in [3.05, 3.63) is 67.5 Å². The molecule has 1 unspecified atom stereocenters. The van der Waals surface area contributed by atoms with Crippen molar-refractivity contribution in [2.45, 2.75) is 13.0 Å². The molecule has 1 atom stereocenters. The Morgan fingerprint density at radius 1 is 1.22 bits per heavy atom. The van der Waals surface area contributed by atoms with E-state index < -0.39 is 11.9 Å². The van der Waals surface area contributed by atoms with Gasteiger partial charge in [-0.15, -0.1) is 0 Å². The molecule has 0 aromatic heterocycles. The monoisotopic (exact) mass is 376 g/mol. The maximum Gasteiger partial charge on any atom is 0.130 e. The number of halogens is 3. The van der Waals surface area contributed by atoms with Crippen LogP contribution in [0.4, 0.5) is 4.39 Å². The van der Waals surface area contributed by atoms with E-state index in [0.29, 0.717) is 10.6 Å². The molecule has 18 heavy (non-hydrogen) atoms. The summed E-state index contributed by atoms with van der Waals surface area (Å²) in [5.41, 5.74) is 2.00. The highest BCUT2D eigenvalue weighted by molar-refractivity contribution is 14.1. The molecule has 1 N–H and O–H groups in total. The summed E-state index contributed by atoms with van der Waals surface area (Å²) >= 11 is 7.86. The fourth-order valence-electron chi connectivity index (χ4n) is 1.77.